The van der Waals surface area contributed by atoms with Crippen LogP contribution in [0.2, 0.25) is 0 Å². The molecule has 1 aromatic heterocycles. The fraction of sp³-hybridized carbons (Fsp3) is 0.286. The Hall–Kier alpha value is -1.91. The molecular formula is C14H14F3NO. The van der Waals surface area contributed by atoms with Crippen LogP contribution in [-0.2, 0) is 0 Å². The predicted molar refractivity (Wildman–Crippen MR) is 66.5 cm³/mol. The number of furan rings is 1. The summed E-state index contributed by atoms with van der Waals surface area (Å²) in [6, 6.07) is 2.92. The summed E-state index contributed by atoms with van der Waals surface area (Å²) in [5.74, 6) is -1.71. The van der Waals surface area contributed by atoms with Crippen LogP contribution >= 0.6 is 0 Å². The lowest BCUT2D eigenvalue weighted by Crippen LogP contribution is -2.09. The minimum absolute atomic E-state index is 0.205. The Kier molecular flexibility index (Phi) is 3.55. The van der Waals surface area contributed by atoms with Crippen LogP contribution in [0, 0.1) is 31.3 Å². The number of halogens is 3. The van der Waals surface area contributed by atoms with E-state index in [1.807, 2.05) is 0 Å². The minimum Gasteiger partial charge on any atom is -0.466 e. The molecule has 0 amide bonds. The van der Waals surface area contributed by atoms with Gasteiger partial charge < -0.3 is 9.73 Å². The number of hydrogen-bond donors (Lipinski definition) is 1. The highest BCUT2D eigenvalue weighted by molar-refractivity contribution is 5.48. The van der Waals surface area contributed by atoms with Crippen molar-refractivity contribution >= 4 is 5.69 Å². The topological polar surface area (TPSA) is 25.2 Å². The fourth-order valence-electron chi connectivity index (χ4n) is 2.05. The highest BCUT2D eigenvalue weighted by Crippen LogP contribution is 2.27. The van der Waals surface area contributed by atoms with E-state index in [9.17, 15) is 13.2 Å². The van der Waals surface area contributed by atoms with E-state index in [4.69, 9.17) is 4.42 Å². The molecule has 0 aliphatic heterocycles. The standard InChI is InChI=1S/C14H14F3NO/c1-7-4-11(9(3)19-7)8(2)18-13-6-10(15)5-12(16)14(13)17/h4-6,8,18H,1-3H3. The first-order valence-electron chi connectivity index (χ1n) is 5.86. The zero-order valence-corrected chi connectivity index (χ0v) is 10.9. The molecule has 2 aromatic rings. The van der Waals surface area contributed by atoms with Crippen LogP contribution < -0.4 is 5.32 Å². The molecule has 1 aromatic carbocycles. The summed E-state index contributed by atoms with van der Waals surface area (Å²) in [6.07, 6.45) is 0. The maximum atomic E-state index is 13.5. The van der Waals surface area contributed by atoms with Crippen molar-refractivity contribution in [1.82, 2.24) is 0 Å². The van der Waals surface area contributed by atoms with Crippen molar-refractivity contribution in [2.45, 2.75) is 26.8 Å². The third-order valence-electron chi connectivity index (χ3n) is 2.91. The van der Waals surface area contributed by atoms with Crippen LogP contribution in [0.15, 0.2) is 22.6 Å². The largest absolute Gasteiger partial charge is 0.466 e. The van der Waals surface area contributed by atoms with Crippen molar-refractivity contribution < 1.29 is 17.6 Å². The van der Waals surface area contributed by atoms with Gasteiger partial charge in [0.15, 0.2) is 11.6 Å². The average Bonchev–Trinajstić information content (AvgIpc) is 2.64. The summed E-state index contributed by atoms with van der Waals surface area (Å²) in [5.41, 5.74) is 0.616. The Bertz CT molecular complexity index is 607. The molecule has 0 aliphatic carbocycles. The van der Waals surface area contributed by atoms with Crippen LogP contribution in [-0.4, -0.2) is 0 Å². The van der Waals surface area contributed by atoms with E-state index in [0.717, 1.165) is 17.4 Å². The van der Waals surface area contributed by atoms with Crippen molar-refractivity contribution in [3.05, 3.63) is 52.7 Å². The smallest absolute Gasteiger partial charge is 0.182 e. The van der Waals surface area contributed by atoms with Crippen LogP contribution in [0.1, 0.15) is 30.0 Å². The monoisotopic (exact) mass is 269 g/mol. The Morgan fingerprint density at radius 1 is 1.11 bits per heavy atom. The first-order valence-corrected chi connectivity index (χ1v) is 5.86. The first kappa shape index (κ1) is 13.5. The quantitative estimate of drug-likeness (QED) is 0.831. The SMILES string of the molecule is Cc1cc(C(C)Nc2cc(F)cc(F)c2F)c(C)o1. The number of nitrogens with one attached hydrogen (secondary N) is 1. The third-order valence-corrected chi connectivity index (χ3v) is 2.91. The Morgan fingerprint density at radius 3 is 2.37 bits per heavy atom. The summed E-state index contributed by atoms with van der Waals surface area (Å²) in [6.45, 7) is 5.34. The predicted octanol–water partition coefficient (Wildman–Crippen LogP) is 4.49. The van der Waals surface area contributed by atoms with Crippen molar-refractivity contribution in [3.8, 4) is 0 Å². The van der Waals surface area contributed by atoms with Gasteiger partial charge in [0, 0.05) is 17.7 Å². The molecule has 2 nitrogen and oxygen atoms in total. The molecule has 1 N–H and O–H groups in total. The normalized spacial score (nSPS) is 12.5. The molecule has 1 heterocycles. The maximum absolute atomic E-state index is 13.5. The van der Waals surface area contributed by atoms with E-state index in [1.165, 1.54) is 0 Å². The van der Waals surface area contributed by atoms with Gasteiger partial charge in [-0.1, -0.05) is 0 Å². The Labute approximate surface area is 109 Å². The van der Waals surface area contributed by atoms with Crippen LogP contribution in [0.5, 0.6) is 0 Å². The van der Waals surface area contributed by atoms with Gasteiger partial charge in [0.2, 0.25) is 0 Å². The maximum Gasteiger partial charge on any atom is 0.182 e. The number of benzene rings is 1. The lowest BCUT2D eigenvalue weighted by Gasteiger charge is -2.15. The molecule has 0 fully saturated rings. The van der Waals surface area contributed by atoms with Crippen LogP contribution in [0.3, 0.4) is 0 Å². The number of aryl methyl sites for hydroxylation is 2. The second kappa shape index (κ2) is 4.99. The molecule has 2 rings (SSSR count). The van der Waals surface area contributed by atoms with Gasteiger partial charge in [0.1, 0.15) is 17.3 Å². The van der Waals surface area contributed by atoms with Gasteiger partial charge in [-0.15, -0.1) is 0 Å². The van der Waals surface area contributed by atoms with Crippen molar-refractivity contribution in [2.24, 2.45) is 0 Å². The zero-order chi connectivity index (χ0) is 14.2. The van der Waals surface area contributed by atoms with Crippen molar-refractivity contribution in [3.63, 3.8) is 0 Å². The highest BCUT2D eigenvalue weighted by Gasteiger charge is 2.16. The van der Waals surface area contributed by atoms with E-state index in [-0.39, 0.29) is 11.7 Å². The average molecular weight is 269 g/mol. The zero-order valence-electron chi connectivity index (χ0n) is 10.9. The molecule has 5 heteroatoms. The molecule has 102 valence electrons. The third kappa shape index (κ3) is 2.75. The first-order chi connectivity index (χ1) is 8.88. The number of anilines is 1. The molecule has 0 bridgehead atoms. The molecule has 0 saturated carbocycles. The summed E-state index contributed by atoms with van der Waals surface area (Å²) >= 11 is 0. The van der Waals surface area contributed by atoms with Gasteiger partial charge >= 0.3 is 0 Å². The van der Waals surface area contributed by atoms with Crippen LogP contribution in [0.25, 0.3) is 0 Å². The lowest BCUT2D eigenvalue weighted by molar-refractivity contribution is 0.494. The molecular weight excluding hydrogens is 255 g/mol. The van der Waals surface area contributed by atoms with E-state index in [1.54, 1.807) is 26.8 Å². The highest BCUT2D eigenvalue weighted by atomic mass is 19.2. The molecule has 0 saturated heterocycles. The Morgan fingerprint density at radius 2 is 1.79 bits per heavy atom. The second-order valence-corrected chi connectivity index (χ2v) is 4.48. The lowest BCUT2D eigenvalue weighted by atomic mass is 10.1. The molecule has 0 spiro atoms. The van der Waals surface area contributed by atoms with Crippen molar-refractivity contribution in [2.75, 3.05) is 5.32 Å². The van der Waals surface area contributed by atoms with E-state index in [0.29, 0.717) is 11.8 Å². The summed E-state index contributed by atoms with van der Waals surface area (Å²) in [4.78, 5) is 0. The van der Waals surface area contributed by atoms with E-state index in [2.05, 4.69) is 5.32 Å². The number of hydrogen-bond acceptors (Lipinski definition) is 2. The second-order valence-electron chi connectivity index (χ2n) is 4.48. The van der Waals surface area contributed by atoms with E-state index < -0.39 is 17.5 Å². The fourth-order valence-corrected chi connectivity index (χ4v) is 2.05. The summed E-state index contributed by atoms with van der Waals surface area (Å²) in [5, 5.41) is 2.75. The summed E-state index contributed by atoms with van der Waals surface area (Å²) in [7, 11) is 0. The van der Waals surface area contributed by atoms with Gasteiger partial charge in [0.05, 0.1) is 11.7 Å². The molecule has 19 heavy (non-hydrogen) atoms. The minimum atomic E-state index is -1.21. The Balaban J connectivity index is 2.29. The number of rotatable bonds is 3. The van der Waals surface area contributed by atoms with Gasteiger partial charge in [-0.3, -0.25) is 0 Å². The van der Waals surface area contributed by atoms with Gasteiger partial charge in [-0.25, -0.2) is 13.2 Å². The van der Waals surface area contributed by atoms with Crippen molar-refractivity contribution in [1.29, 1.82) is 0 Å². The van der Waals surface area contributed by atoms with Gasteiger partial charge in [-0.2, -0.15) is 0 Å². The molecule has 1 unspecified atom stereocenters. The van der Waals surface area contributed by atoms with Crippen LogP contribution in [0.4, 0.5) is 18.9 Å². The molecule has 1 atom stereocenters. The van der Waals surface area contributed by atoms with Gasteiger partial charge in [0.25, 0.3) is 0 Å². The van der Waals surface area contributed by atoms with Gasteiger partial charge in [-0.05, 0) is 26.8 Å². The summed E-state index contributed by atoms with van der Waals surface area (Å²) < 4.78 is 45.1. The molecule has 0 aliphatic rings. The van der Waals surface area contributed by atoms with E-state index >= 15 is 0 Å². The molecule has 0 radical (unpaired) electrons.